The van der Waals surface area contributed by atoms with Crippen LogP contribution in [0, 0.1) is 0 Å². The molecular formula is C16H21N3O2S. The van der Waals surface area contributed by atoms with Crippen LogP contribution in [0.1, 0.15) is 6.42 Å². The zero-order chi connectivity index (χ0) is 14.9. The molecule has 118 valence electrons. The molecule has 1 atom stereocenters. The predicted molar refractivity (Wildman–Crippen MR) is 89.2 cm³/mol. The number of ether oxygens (including phenoxy) is 2. The van der Waals surface area contributed by atoms with E-state index in [-0.39, 0.29) is 0 Å². The zero-order valence-electron chi connectivity index (χ0n) is 12.8. The number of para-hydroxylation sites is 1. The van der Waals surface area contributed by atoms with Crippen LogP contribution in [0.3, 0.4) is 0 Å². The molecule has 0 amide bonds. The van der Waals surface area contributed by atoms with Crippen molar-refractivity contribution in [3.63, 3.8) is 0 Å². The summed E-state index contributed by atoms with van der Waals surface area (Å²) in [6.45, 7) is 6.02. The summed E-state index contributed by atoms with van der Waals surface area (Å²) in [7, 11) is 1.71. The largest absolute Gasteiger partial charge is 0.494 e. The molecule has 2 saturated heterocycles. The summed E-state index contributed by atoms with van der Waals surface area (Å²) < 4.78 is 12.1. The van der Waals surface area contributed by atoms with Gasteiger partial charge in [-0.25, -0.2) is 4.98 Å². The second-order valence-corrected chi connectivity index (χ2v) is 6.85. The summed E-state index contributed by atoms with van der Waals surface area (Å²) in [5.74, 6) is 0.865. The van der Waals surface area contributed by atoms with E-state index in [1.807, 2.05) is 12.1 Å². The number of thiazole rings is 1. The van der Waals surface area contributed by atoms with Crippen LogP contribution in [0.15, 0.2) is 18.2 Å². The van der Waals surface area contributed by atoms with Crippen molar-refractivity contribution < 1.29 is 9.47 Å². The van der Waals surface area contributed by atoms with E-state index in [1.165, 1.54) is 11.1 Å². The molecule has 0 N–H and O–H groups in total. The molecule has 1 aromatic carbocycles. The average molecular weight is 319 g/mol. The lowest BCUT2D eigenvalue weighted by Gasteiger charge is -2.32. The molecule has 4 rings (SSSR count). The van der Waals surface area contributed by atoms with Crippen LogP contribution in [0.2, 0.25) is 0 Å². The Morgan fingerprint density at radius 2 is 2.14 bits per heavy atom. The summed E-state index contributed by atoms with van der Waals surface area (Å²) in [5.41, 5.74) is 0.986. The SMILES string of the molecule is COc1cccc2sc(N3CCC(N4CCOCC4)C3)nc12. The first kappa shape index (κ1) is 14.2. The van der Waals surface area contributed by atoms with Gasteiger partial charge >= 0.3 is 0 Å². The van der Waals surface area contributed by atoms with Crippen LogP contribution in [0.4, 0.5) is 5.13 Å². The first-order chi connectivity index (χ1) is 10.8. The van der Waals surface area contributed by atoms with E-state index in [2.05, 4.69) is 15.9 Å². The monoisotopic (exact) mass is 319 g/mol. The minimum Gasteiger partial charge on any atom is -0.494 e. The second-order valence-electron chi connectivity index (χ2n) is 5.84. The topological polar surface area (TPSA) is 37.8 Å². The molecule has 2 fully saturated rings. The maximum atomic E-state index is 5.46. The highest BCUT2D eigenvalue weighted by molar-refractivity contribution is 7.22. The summed E-state index contributed by atoms with van der Waals surface area (Å²) in [4.78, 5) is 9.81. The van der Waals surface area contributed by atoms with E-state index < -0.39 is 0 Å². The fourth-order valence-electron chi connectivity index (χ4n) is 3.37. The van der Waals surface area contributed by atoms with Crippen LogP contribution in [0.25, 0.3) is 10.2 Å². The van der Waals surface area contributed by atoms with Crippen molar-refractivity contribution in [2.75, 3.05) is 51.4 Å². The van der Waals surface area contributed by atoms with E-state index in [1.54, 1.807) is 18.4 Å². The van der Waals surface area contributed by atoms with E-state index >= 15 is 0 Å². The molecule has 1 unspecified atom stereocenters. The molecular weight excluding hydrogens is 298 g/mol. The molecule has 0 radical (unpaired) electrons. The molecule has 2 aromatic rings. The third-order valence-corrected chi connectivity index (χ3v) is 5.67. The highest BCUT2D eigenvalue weighted by atomic mass is 32.1. The first-order valence-corrected chi connectivity index (χ1v) is 8.67. The summed E-state index contributed by atoms with van der Waals surface area (Å²) in [6.07, 6.45) is 1.22. The predicted octanol–water partition coefficient (Wildman–Crippen LogP) is 2.22. The van der Waals surface area contributed by atoms with Crippen molar-refractivity contribution in [3.8, 4) is 5.75 Å². The van der Waals surface area contributed by atoms with Crippen LogP contribution >= 0.6 is 11.3 Å². The Hall–Kier alpha value is -1.37. The quantitative estimate of drug-likeness (QED) is 0.867. The number of morpholine rings is 1. The van der Waals surface area contributed by atoms with E-state index in [0.717, 1.165) is 55.8 Å². The molecule has 5 nitrogen and oxygen atoms in total. The Morgan fingerprint density at radius 1 is 1.27 bits per heavy atom. The summed E-state index contributed by atoms with van der Waals surface area (Å²) in [6, 6.07) is 6.77. The number of methoxy groups -OCH3 is 1. The van der Waals surface area contributed by atoms with E-state index in [0.29, 0.717) is 6.04 Å². The number of fused-ring (bicyclic) bond motifs is 1. The Labute approximate surface area is 134 Å². The minimum absolute atomic E-state index is 0.637. The van der Waals surface area contributed by atoms with Gasteiger partial charge in [0.15, 0.2) is 5.13 Å². The maximum Gasteiger partial charge on any atom is 0.186 e. The lowest BCUT2D eigenvalue weighted by atomic mass is 10.2. The van der Waals surface area contributed by atoms with Gasteiger partial charge in [0, 0.05) is 32.2 Å². The molecule has 0 aliphatic carbocycles. The molecule has 2 aliphatic rings. The molecule has 0 saturated carbocycles. The van der Waals surface area contributed by atoms with Crippen LogP contribution < -0.4 is 9.64 Å². The number of rotatable bonds is 3. The Bertz CT molecular complexity index is 654. The standard InChI is InChI=1S/C16H21N3O2S/c1-20-13-3-2-4-14-15(13)17-16(22-14)19-6-5-12(11-19)18-7-9-21-10-8-18/h2-4,12H,5-11H2,1H3. The smallest absolute Gasteiger partial charge is 0.186 e. The van der Waals surface area contributed by atoms with Crippen molar-refractivity contribution in [1.82, 2.24) is 9.88 Å². The minimum atomic E-state index is 0.637. The third-order valence-electron chi connectivity index (χ3n) is 4.59. The normalized spacial score (nSPS) is 23.3. The van der Waals surface area contributed by atoms with Gasteiger partial charge < -0.3 is 14.4 Å². The van der Waals surface area contributed by atoms with Gasteiger partial charge in [0.25, 0.3) is 0 Å². The van der Waals surface area contributed by atoms with E-state index in [4.69, 9.17) is 14.5 Å². The van der Waals surface area contributed by atoms with Crippen molar-refractivity contribution in [1.29, 1.82) is 0 Å². The van der Waals surface area contributed by atoms with Gasteiger partial charge in [0.05, 0.1) is 25.0 Å². The van der Waals surface area contributed by atoms with Crippen molar-refractivity contribution in [3.05, 3.63) is 18.2 Å². The molecule has 6 heteroatoms. The second kappa shape index (κ2) is 6.02. The number of nitrogens with zero attached hydrogens (tertiary/aromatic N) is 3. The highest BCUT2D eigenvalue weighted by Gasteiger charge is 2.30. The van der Waals surface area contributed by atoms with Crippen molar-refractivity contribution in [2.45, 2.75) is 12.5 Å². The van der Waals surface area contributed by atoms with Crippen molar-refractivity contribution >= 4 is 26.7 Å². The Balaban J connectivity index is 1.53. The Morgan fingerprint density at radius 3 is 2.95 bits per heavy atom. The lowest BCUT2D eigenvalue weighted by Crippen LogP contribution is -2.44. The molecule has 2 aliphatic heterocycles. The number of aromatic nitrogens is 1. The van der Waals surface area contributed by atoms with Crippen molar-refractivity contribution in [2.24, 2.45) is 0 Å². The fraction of sp³-hybridized carbons (Fsp3) is 0.562. The van der Waals surface area contributed by atoms with Crippen LogP contribution in [-0.2, 0) is 4.74 Å². The lowest BCUT2D eigenvalue weighted by molar-refractivity contribution is 0.0209. The number of hydrogen-bond donors (Lipinski definition) is 0. The molecule has 22 heavy (non-hydrogen) atoms. The Kier molecular flexibility index (Phi) is 3.90. The average Bonchev–Trinajstić information content (AvgIpc) is 3.21. The van der Waals surface area contributed by atoms with Gasteiger partial charge in [0.2, 0.25) is 0 Å². The van der Waals surface area contributed by atoms with Gasteiger partial charge in [-0.2, -0.15) is 0 Å². The highest BCUT2D eigenvalue weighted by Crippen LogP contribution is 2.35. The van der Waals surface area contributed by atoms with Gasteiger partial charge in [-0.05, 0) is 18.6 Å². The summed E-state index contributed by atoms with van der Waals surface area (Å²) >= 11 is 1.76. The molecule has 0 bridgehead atoms. The van der Waals surface area contributed by atoms with E-state index in [9.17, 15) is 0 Å². The van der Waals surface area contributed by atoms with Gasteiger partial charge in [-0.3, -0.25) is 4.90 Å². The summed E-state index contributed by atoms with van der Waals surface area (Å²) in [5, 5.41) is 1.12. The van der Waals surface area contributed by atoms with Gasteiger partial charge in [0.1, 0.15) is 11.3 Å². The number of anilines is 1. The van der Waals surface area contributed by atoms with Gasteiger partial charge in [-0.1, -0.05) is 17.4 Å². The fourth-order valence-corrected chi connectivity index (χ4v) is 4.39. The van der Waals surface area contributed by atoms with Crippen LogP contribution in [-0.4, -0.2) is 62.4 Å². The maximum absolute atomic E-state index is 5.46. The van der Waals surface area contributed by atoms with Gasteiger partial charge in [-0.15, -0.1) is 0 Å². The number of hydrogen-bond acceptors (Lipinski definition) is 6. The van der Waals surface area contributed by atoms with Crippen LogP contribution in [0.5, 0.6) is 5.75 Å². The first-order valence-electron chi connectivity index (χ1n) is 7.85. The zero-order valence-corrected chi connectivity index (χ0v) is 13.6. The molecule has 3 heterocycles. The number of benzene rings is 1. The molecule has 0 spiro atoms. The third kappa shape index (κ3) is 2.55. The molecule has 1 aromatic heterocycles.